The number of nitrogens with one attached hydrogen (secondary N) is 2. The summed E-state index contributed by atoms with van der Waals surface area (Å²) in [5, 5.41) is 13.1. The average molecular weight is 306 g/mol. The van der Waals surface area contributed by atoms with Crippen molar-refractivity contribution in [1.29, 1.82) is 0 Å². The van der Waals surface area contributed by atoms with Crippen LogP contribution in [0.15, 0.2) is 0 Å². The topological polar surface area (TPSA) is 61.4 Å². The molecule has 1 saturated carbocycles. The van der Waals surface area contributed by atoms with Crippen LogP contribution in [0.1, 0.15) is 52.9 Å². The molecular weight excluding hydrogens is 280 g/mol. The lowest BCUT2D eigenvalue weighted by atomic mass is 9.91. The van der Waals surface area contributed by atoms with Crippen LogP contribution in [0.5, 0.6) is 0 Å². The summed E-state index contributed by atoms with van der Waals surface area (Å²) >= 11 is 5.73. The second kappa shape index (κ2) is 7.20. The minimum Gasteiger partial charge on any atom is -0.371 e. The zero-order chi connectivity index (χ0) is 14.5. The molecule has 1 amide bonds. The molecule has 0 aromatic carbocycles. The monoisotopic (exact) mass is 306 g/mol. The highest BCUT2D eigenvalue weighted by molar-refractivity contribution is 7.98. The Labute approximate surface area is 126 Å². The molecule has 0 radical (unpaired) electrons. The molecule has 0 aromatic heterocycles. The van der Waals surface area contributed by atoms with Crippen molar-refractivity contribution in [3.05, 3.63) is 0 Å². The Hall–Kier alpha value is 0.0900. The van der Waals surface area contributed by atoms with E-state index >= 15 is 0 Å². The van der Waals surface area contributed by atoms with Gasteiger partial charge in [0, 0.05) is 10.5 Å². The lowest BCUT2D eigenvalue weighted by Crippen LogP contribution is -2.55. The number of rotatable bonds is 5. The largest absolute Gasteiger partial charge is 0.371 e. The van der Waals surface area contributed by atoms with Gasteiger partial charge in [0.1, 0.15) is 11.8 Å². The van der Waals surface area contributed by atoms with Gasteiger partial charge in [-0.3, -0.25) is 9.52 Å². The van der Waals surface area contributed by atoms with Crippen LogP contribution in [0.2, 0.25) is 0 Å². The first-order chi connectivity index (χ1) is 8.76. The van der Waals surface area contributed by atoms with Gasteiger partial charge in [-0.15, -0.1) is 0 Å². The van der Waals surface area contributed by atoms with Gasteiger partial charge in [-0.1, -0.05) is 18.4 Å². The molecule has 0 saturated heterocycles. The third-order valence-electron chi connectivity index (χ3n) is 3.04. The molecule has 19 heavy (non-hydrogen) atoms. The molecule has 0 aliphatic heterocycles. The molecule has 0 unspecified atom stereocenters. The van der Waals surface area contributed by atoms with Crippen molar-refractivity contribution < 1.29 is 9.90 Å². The molecular formula is C13H26N2O2S2. The van der Waals surface area contributed by atoms with Gasteiger partial charge in [0.2, 0.25) is 5.91 Å². The summed E-state index contributed by atoms with van der Waals surface area (Å²) in [4.78, 5) is 12.2. The van der Waals surface area contributed by atoms with Crippen LogP contribution in [-0.2, 0) is 4.79 Å². The fraction of sp³-hybridized carbons (Fsp3) is 0.923. The van der Waals surface area contributed by atoms with Gasteiger partial charge < -0.3 is 10.4 Å². The molecule has 3 N–H and O–H groups in total. The van der Waals surface area contributed by atoms with E-state index in [9.17, 15) is 9.90 Å². The van der Waals surface area contributed by atoms with E-state index < -0.39 is 11.8 Å². The molecule has 1 rings (SSSR count). The van der Waals surface area contributed by atoms with Crippen LogP contribution in [0.4, 0.5) is 0 Å². The number of aliphatic hydroxyl groups is 1. The van der Waals surface area contributed by atoms with Gasteiger partial charge in [0.25, 0.3) is 0 Å². The van der Waals surface area contributed by atoms with E-state index in [4.69, 9.17) is 0 Å². The van der Waals surface area contributed by atoms with Crippen LogP contribution < -0.4 is 10.0 Å². The number of carbonyl (C=O) groups excluding carboxylic acids is 1. The zero-order valence-corrected chi connectivity index (χ0v) is 13.7. The molecule has 1 atom stereocenters. The Bertz CT molecular complexity index is 300. The van der Waals surface area contributed by atoms with Crippen molar-refractivity contribution in [3.8, 4) is 0 Å². The predicted octanol–water partition coefficient (Wildman–Crippen LogP) is 2.09. The Morgan fingerprint density at radius 2 is 1.95 bits per heavy atom. The molecule has 1 aliphatic rings. The van der Waals surface area contributed by atoms with E-state index in [1.807, 2.05) is 0 Å². The van der Waals surface area contributed by atoms with Gasteiger partial charge in [-0.05, 0) is 46.5 Å². The van der Waals surface area contributed by atoms with E-state index in [0.717, 1.165) is 19.3 Å². The van der Waals surface area contributed by atoms with Crippen molar-refractivity contribution in [2.45, 2.75) is 69.4 Å². The SMILES string of the molecule is CC(C)(C)SN[C@@H](CS)C(=O)NC1(O)CCCCC1. The maximum absolute atomic E-state index is 12.2. The van der Waals surface area contributed by atoms with E-state index in [2.05, 4.69) is 43.4 Å². The van der Waals surface area contributed by atoms with E-state index in [1.165, 1.54) is 11.9 Å². The molecule has 6 heteroatoms. The fourth-order valence-corrected chi connectivity index (χ4v) is 3.07. The number of hydrogen-bond acceptors (Lipinski definition) is 5. The van der Waals surface area contributed by atoms with Crippen LogP contribution >= 0.6 is 24.6 Å². The Balaban J connectivity index is 2.49. The lowest BCUT2D eigenvalue weighted by molar-refractivity contribution is -0.132. The quantitative estimate of drug-likeness (QED) is 0.357. The standard InChI is InChI=1S/C13H26N2O2S2/c1-12(2,3)19-15-10(9-18)11(16)14-13(17)7-5-4-6-8-13/h10,15,17-18H,4-9H2,1-3H3,(H,14,16)/t10-/m0/s1. The maximum Gasteiger partial charge on any atom is 0.241 e. The molecule has 1 fully saturated rings. The van der Waals surface area contributed by atoms with Crippen LogP contribution in [0, 0.1) is 0 Å². The van der Waals surface area contributed by atoms with Crippen molar-refractivity contribution in [3.63, 3.8) is 0 Å². The molecule has 1 aliphatic carbocycles. The summed E-state index contributed by atoms with van der Waals surface area (Å²) in [7, 11) is 0. The normalized spacial score (nSPS) is 20.9. The van der Waals surface area contributed by atoms with E-state index in [-0.39, 0.29) is 10.7 Å². The second-order valence-electron chi connectivity index (χ2n) is 6.15. The summed E-state index contributed by atoms with van der Waals surface area (Å²) in [6.07, 6.45) is 4.35. The van der Waals surface area contributed by atoms with Crippen LogP contribution in [-0.4, -0.2) is 33.3 Å². The maximum atomic E-state index is 12.2. The first-order valence-electron chi connectivity index (χ1n) is 6.84. The highest BCUT2D eigenvalue weighted by Gasteiger charge is 2.33. The minimum absolute atomic E-state index is 0.0310. The van der Waals surface area contributed by atoms with Crippen LogP contribution in [0.3, 0.4) is 0 Å². The Morgan fingerprint density at radius 1 is 1.37 bits per heavy atom. The summed E-state index contributed by atoms with van der Waals surface area (Å²) < 4.78 is 3.16. The molecule has 0 aromatic rings. The second-order valence-corrected chi connectivity index (χ2v) is 8.18. The van der Waals surface area contributed by atoms with Gasteiger partial charge in [-0.25, -0.2) is 0 Å². The summed E-state index contributed by atoms with van der Waals surface area (Å²) in [5.74, 6) is 0.238. The highest BCUT2D eigenvalue weighted by Crippen LogP contribution is 2.26. The first kappa shape index (κ1) is 17.1. The highest BCUT2D eigenvalue weighted by atomic mass is 32.2. The van der Waals surface area contributed by atoms with Gasteiger partial charge in [0.05, 0.1) is 0 Å². The number of thiol groups is 1. The van der Waals surface area contributed by atoms with Gasteiger partial charge in [0.15, 0.2) is 0 Å². The average Bonchev–Trinajstić information content (AvgIpc) is 2.28. The number of amides is 1. The smallest absolute Gasteiger partial charge is 0.241 e. The van der Waals surface area contributed by atoms with Crippen molar-refractivity contribution >= 4 is 30.5 Å². The van der Waals surface area contributed by atoms with E-state index in [0.29, 0.717) is 18.6 Å². The van der Waals surface area contributed by atoms with Crippen molar-refractivity contribution in [2.75, 3.05) is 5.75 Å². The zero-order valence-electron chi connectivity index (χ0n) is 12.0. The fourth-order valence-electron chi connectivity index (χ4n) is 2.00. The first-order valence-corrected chi connectivity index (χ1v) is 8.29. The molecule has 0 spiro atoms. The summed E-state index contributed by atoms with van der Waals surface area (Å²) in [6, 6.07) is -0.390. The lowest BCUT2D eigenvalue weighted by Gasteiger charge is -2.34. The molecule has 0 heterocycles. The van der Waals surface area contributed by atoms with E-state index in [1.54, 1.807) is 0 Å². The third kappa shape index (κ3) is 6.38. The van der Waals surface area contributed by atoms with Crippen molar-refractivity contribution in [2.24, 2.45) is 0 Å². The predicted molar refractivity (Wildman–Crippen MR) is 84.3 cm³/mol. The number of hydrogen-bond donors (Lipinski definition) is 4. The Morgan fingerprint density at radius 3 is 2.42 bits per heavy atom. The minimum atomic E-state index is -1.02. The molecule has 0 bridgehead atoms. The summed E-state index contributed by atoms with van der Waals surface area (Å²) in [5.41, 5.74) is -1.02. The molecule has 4 nitrogen and oxygen atoms in total. The molecule has 112 valence electrons. The Kier molecular flexibility index (Phi) is 6.50. The van der Waals surface area contributed by atoms with Crippen molar-refractivity contribution in [1.82, 2.24) is 10.0 Å². The summed E-state index contributed by atoms with van der Waals surface area (Å²) in [6.45, 7) is 6.23. The van der Waals surface area contributed by atoms with Crippen LogP contribution in [0.25, 0.3) is 0 Å². The van der Waals surface area contributed by atoms with Gasteiger partial charge >= 0.3 is 0 Å². The third-order valence-corrected chi connectivity index (χ3v) is 4.42. The number of carbonyl (C=O) groups is 1. The van der Waals surface area contributed by atoms with Gasteiger partial charge in [-0.2, -0.15) is 12.6 Å².